The van der Waals surface area contributed by atoms with E-state index >= 15 is 0 Å². The van der Waals surface area contributed by atoms with Crippen molar-refractivity contribution in [2.24, 2.45) is 5.41 Å². The van der Waals surface area contributed by atoms with Crippen LogP contribution in [0.4, 0.5) is 0 Å². The van der Waals surface area contributed by atoms with E-state index in [9.17, 15) is 9.90 Å². The molecule has 5 nitrogen and oxygen atoms in total. The van der Waals surface area contributed by atoms with Crippen molar-refractivity contribution in [1.82, 2.24) is 9.88 Å². The van der Waals surface area contributed by atoms with Gasteiger partial charge in [-0.2, -0.15) is 0 Å². The van der Waals surface area contributed by atoms with Crippen molar-refractivity contribution >= 4 is 16.8 Å². The zero-order valence-corrected chi connectivity index (χ0v) is 14.7. The van der Waals surface area contributed by atoms with Crippen LogP contribution in [0.1, 0.15) is 31.7 Å². The van der Waals surface area contributed by atoms with Crippen molar-refractivity contribution in [1.29, 1.82) is 0 Å². The van der Waals surface area contributed by atoms with Gasteiger partial charge in [-0.3, -0.25) is 4.79 Å². The Morgan fingerprint density at radius 2 is 2.12 bits per heavy atom. The smallest absolute Gasteiger partial charge is 0.227 e. The Balaban J connectivity index is 1.40. The molecule has 1 saturated heterocycles. The number of nitrogens with zero attached hydrogens (tertiary/aromatic N) is 1. The van der Waals surface area contributed by atoms with Gasteiger partial charge in [-0.05, 0) is 31.4 Å². The molecule has 134 valence electrons. The third-order valence-electron chi connectivity index (χ3n) is 6.17. The minimum Gasteiger partial charge on any atom is -0.392 e. The molecular formula is C20H26N2O3. The number of para-hydroxylation sites is 1. The van der Waals surface area contributed by atoms with Crippen molar-refractivity contribution < 1.29 is 14.6 Å². The first-order chi connectivity index (χ1) is 12.1. The molecule has 1 amide bonds. The lowest BCUT2D eigenvalue weighted by molar-refractivity contribution is -0.210. The van der Waals surface area contributed by atoms with Crippen LogP contribution in [-0.4, -0.2) is 52.8 Å². The Morgan fingerprint density at radius 1 is 1.36 bits per heavy atom. The van der Waals surface area contributed by atoms with E-state index in [0.717, 1.165) is 35.7 Å². The van der Waals surface area contributed by atoms with Gasteiger partial charge < -0.3 is 19.7 Å². The van der Waals surface area contributed by atoms with Crippen LogP contribution in [0.2, 0.25) is 0 Å². The molecule has 1 spiro atoms. The lowest BCUT2D eigenvalue weighted by Gasteiger charge is -2.56. The molecule has 2 aromatic rings. The number of fused-ring (bicyclic) bond motifs is 1. The van der Waals surface area contributed by atoms with Gasteiger partial charge in [-0.15, -0.1) is 0 Å². The Labute approximate surface area is 148 Å². The number of carbonyl (C=O) groups excluding carboxylic acids is 1. The Bertz CT molecular complexity index is 759. The lowest BCUT2D eigenvalue weighted by atomic mass is 9.58. The number of benzene rings is 1. The molecule has 1 aromatic carbocycles. The summed E-state index contributed by atoms with van der Waals surface area (Å²) in [6.07, 6.45) is 4.63. The molecule has 2 atom stereocenters. The zero-order chi connectivity index (χ0) is 17.4. The molecule has 4 rings (SSSR count). The second-order valence-electron chi connectivity index (χ2n) is 7.35. The number of ether oxygens (including phenoxy) is 1. The van der Waals surface area contributed by atoms with Gasteiger partial charge in [0.05, 0.1) is 18.6 Å². The highest BCUT2D eigenvalue weighted by Gasteiger charge is 2.56. The summed E-state index contributed by atoms with van der Waals surface area (Å²) in [6, 6.07) is 8.07. The number of rotatable bonds is 4. The number of nitrogens with one attached hydrogen (secondary N) is 1. The fourth-order valence-corrected chi connectivity index (χ4v) is 4.54. The van der Waals surface area contributed by atoms with E-state index in [0.29, 0.717) is 26.1 Å². The SMILES string of the molecule is CCO[C@H]1C[C@@H](O)C12CCN(C(=O)Cc1c[nH]c3ccccc13)CC2. The summed E-state index contributed by atoms with van der Waals surface area (Å²) in [4.78, 5) is 17.9. The highest BCUT2D eigenvalue weighted by molar-refractivity contribution is 5.88. The third kappa shape index (κ3) is 2.75. The third-order valence-corrected chi connectivity index (χ3v) is 6.17. The van der Waals surface area contributed by atoms with Crippen molar-refractivity contribution in [3.63, 3.8) is 0 Å². The summed E-state index contributed by atoms with van der Waals surface area (Å²) >= 11 is 0. The maximum Gasteiger partial charge on any atom is 0.227 e. The number of hydrogen-bond acceptors (Lipinski definition) is 3. The Hall–Kier alpha value is -1.85. The first kappa shape index (κ1) is 16.6. The molecule has 2 aliphatic rings. The molecule has 1 aromatic heterocycles. The summed E-state index contributed by atoms with van der Waals surface area (Å²) < 4.78 is 5.80. The number of aromatic amines is 1. The van der Waals surface area contributed by atoms with Gasteiger partial charge in [0, 0.05) is 48.6 Å². The van der Waals surface area contributed by atoms with Crippen molar-refractivity contribution in [2.75, 3.05) is 19.7 Å². The van der Waals surface area contributed by atoms with E-state index < -0.39 is 0 Å². The van der Waals surface area contributed by atoms with Crippen molar-refractivity contribution in [2.45, 2.75) is 44.8 Å². The summed E-state index contributed by atoms with van der Waals surface area (Å²) in [5.41, 5.74) is 1.99. The summed E-state index contributed by atoms with van der Waals surface area (Å²) in [5.74, 6) is 0.168. The van der Waals surface area contributed by atoms with E-state index in [1.165, 1.54) is 0 Å². The molecule has 2 heterocycles. The molecule has 2 fully saturated rings. The van der Waals surface area contributed by atoms with E-state index in [2.05, 4.69) is 11.1 Å². The maximum atomic E-state index is 12.7. The molecule has 1 aliphatic heterocycles. The predicted octanol–water partition coefficient (Wildman–Crippen LogP) is 2.49. The van der Waals surface area contributed by atoms with Crippen LogP contribution in [-0.2, 0) is 16.0 Å². The van der Waals surface area contributed by atoms with E-state index in [1.807, 2.05) is 36.2 Å². The monoisotopic (exact) mass is 342 g/mol. The number of aliphatic hydroxyl groups is 1. The minimum atomic E-state index is -0.282. The fourth-order valence-electron chi connectivity index (χ4n) is 4.54. The lowest BCUT2D eigenvalue weighted by Crippen LogP contribution is -2.62. The maximum absolute atomic E-state index is 12.7. The topological polar surface area (TPSA) is 65.6 Å². The van der Waals surface area contributed by atoms with Crippen LogP contribution in [0.15, 0.2) is 30.5 Å². The van der Waals surface area contributed by atoms with Crippen LogP contribution in [0.5, 0.6) is 0 Å². The predicted molar refractivity (Wildman–Crippen MR) is 96.3 cm³/mol. The van der Waals surface area contributed by atoms with E-state index in [4.69, 9.17) is 4.74 Å². The van der Waals surface area contributed by atoms with Crippen LogP contribution in [0, 0.1) is 5.41 Å². The number of H-pyrrole nitrogens is 1. The number of amides is 1. The Morgan fingerprint density at radius 3 is 2.84 bits per heavy atom. The van der Waals surface area contributed by atoms with E-state index in [-0.39, 0.29) is 23.5 Å². The standard InChI is InChI=1S/C20H26N2O3/c1-2-25-18-12-17(23)20(18)7-9-22(10-8-20)19(24)11-14-13-21-16-6-4-3-5-15(14)16/h3-6,13,17-18,21,23H,2,7-12H2,1H3/t17-,18+/m1/s1. The van der Waals surface area contributed by atoms with Crippen LogP contribution < -0.4 is 0 Å². The molecule has 1 saturated carbocycles. The van der Waals surface area contributed by atoms with E-state index in [1.54, 1.807) is 0 Å². The zero-order valence-electron chi connectivity index (χ0n) is 14.7. The molecule has 0 radical (unpaired) electrons. The normalized spacial score (nSPS) is 25.3. The largest absolute Gasteiger partial charge is 0.392 e. The Kier molecular flexibility index (Phi) is 4.29. The van der Waals surface area contributed by atoms with Gasteiger partial charge in [-0.25, -0.2) is 0 Å². The molecule has 0 unspecified atom stereocenters. The molecule has 0 bridgehead atoms. The van der Waals surface area contributed by atoms with Gasteiger partial charge in [0.15, 0.2) is 0 Å². The van der Waals surface area contributed by atoms with Gasteiger partial charge >= 0.3 is 0 Å². The summed E-state index contributed by atoms with van der Waals surface area (Å²) in [6.45, 7) is 4.10. The highest BCUT2D eigenvalue weighted by atomic mass is 16.5. The fraction of sp³-hybridized carbons (Fsp3) is 0.550. The van der Waals surface area contributed by atoms with Crippen LogP contribution in [0.3, 0.4) is 0 Å². The first-order valence-electron chi connectivity index (χ1n) is 9.26. The molecule has 2 N–H and O–H groups in total. The average molecular weight is 342 g/mol. The van der Waals surface area contributed by atoms with Gasteiger partial charge in [0.1, 0.15) is 0 Å². The number of aromatic nitrogens is 1. The number of hydrogen-bond donors (Lipinski definition) is 2. The molecule has 25 heavy (non-hydrogen) atoms. The number of aliphatic hydroxyl groups excluding tert-OH is 1. The minimum absolute atomic E-state index is 0.131. The summed E-state index contributed by atoms with van der Waals surface area (Å²) in [5, 5.41) is 11.4. The van der Waals surface area contributed by atoms with Crippen LogP contribution in [0.25, 0.3) is 10.9 Å². The average Bonchev–Trinajstić information content (AvgIpc) is 3.05. The van der Waals surface area contributed by atoms with Gasteiger partial charge in [0.25, 0.3) is 0 Å². The molecular weight excluding hydrogens is 316 g/mol. The van der Waals surface area contributed by atoms with Crippen molar-refractivity contribution in [3.05, 3.63) is 36.0 Å². The first-order valence-corrected chi connectivity index (χ1v) is 9.26. The summed E-state index contributed by atoms with van der Waals surface area (Å²) in [7, 11) is 0. The quantitative estimate of drug-likeness (QED) is 0.897. The van der Waals surface area contributed by atoms with Gasteiger partial charge in [-0.1, -0.05) is 18.2 Å². The highest BCUT2D eigenvalue weighted by Crippen LogP contribution is 2.50. The van der Waals surface area contributed by atoms with Crippen molar-refractivity contribution in [3.8, 4) is 0 Å². The van der Waals surface area contributed by atoms with Crippen LogP contribution >= 0.6 is 0 Å². The molecule has 5 heteroatoms. The second kappa shape index (κ2) is 6.46. The van der Waals surface area contributed by atoms with Gasteiger partial charge in [0.2, 0.25) is 5.91 Å². The molecule has 1 aliphatic carbocycles. The number of piperidine rings is 1. The number of likely N-dealkylation sites (tertiary alicyclic amines) is 1. The second-order valence-corrected chi connectivity index (χ2v) is 7.35. The number of carbonyl (C=O) groups is 1.